The first-order valence-electron chi connectivity index (χ1n) is 45.6. The fourth-order valence-electron chi connectivity index (χ4n) is 13.1. The molecule has 0 bridgehead atoms. The molecule has 10 amide bonds. The second-order valence-corrected chi connectivity index (χ2v) is 33.8. The Hall–Kier alpha value is -5.52. The molecule has 686 valence electrons. The quantitative estimate of drug-likeness (QED) is 0.0243. The summed E-state index contributed by atoms with van der Waals surface area (Å²) in [4.78, 5) is 138. The molecule has 28 N–H and O–H groups in total. The minimum atomic E-state index is -1.40. The number of carbonyl (C=O) groups is 10. The molecule has 0 aliphatic heterocycles. The Balaban J connectivity index is 6.89. The van der Waals surface area contributed by atoms with E-state index in [4.69, 9.17) is 45.9 Å². The summed E-state index contributed by atoms with van der Waals surface area (Å²) < 4.78 is 0. The number of hydrogen-bond acceptors (Lipinski definition) is 22. The summed E-state index contributed by atoms with van der Waals surface area (Å²) in [6, 6.07) is -11.4. The molecule has 0 spiro atoms. The monoisotopic (exact) mass is 1710 g/mol. The van der Waals surface area contributed by atoms with Gasteiger partial charge < -0.3 is 109 Å². The zero-order valence-electron chi connectivity index (χ0n) is 72.9. The number of amides is 10. The van der Waals surface area contributed by atoms with E-state index in [0.717, 1.165) is 103 Å². The number of carbonyl (C=O) groups excluding carboxylic acids is 10. The van der Waals surface area contributed by atoms with E-state index in [2.05, 4.69) is 91.3 Å². The van der Waals surface area contributed by atoms with Crippen molar-refractivity contribution in [2.75, 3.05) is 88.6 Å². The van der Waals surface area contributed by atoms with Crippen molar-refractivity contribution in [1.29, 1.82) is 0 Å². The maximum Gasteiger partial charge on any atom is 0.244 e. The van der Waals surface area contributed by atoms with Gasteiger partial charge in [-0.05, 0) is 180 Å². The molecule has 0 radical (unpaired) electrons. The van der Waals surface area contributed by atoms with Crippen LogP contribution in [0.15, 0.2) is 24.3 Å². The molecule has 0 aliphatic carbocycles. The van der Waals surface area contributed by atoms with Gasteiger partial charge in [0.25, 0.3) is 0 Å². The largest absolute Gasteiger partial charge is 0.394 e. The van der Waals surface area contributed by atoms with Crippen LogP contribution in [0.5, 0.6) is 0 Å². The molecule has 32 heteroatoms. The van der Waals surface area contributed by atoms with E-state index in [1.54, 1.807) is 0 Å². The van der Waals surface area contributed by atoms with Crippen LogP contribution in [0.3, 0.4) is 0 Å². The van der Waals surface area contributed by atoms with E-state index in [1.165, 1.54) is 101 Å². The number of rotatable bonds is 83. The van der Waals surface area contributed by atoms with E-state index in [-0.39, 0.29) is 73.6 Å². The molecule has 0 rings (SSSR count). The van der Waals surface area contributed by atoms with Crippen LogP contribution in [0.4, 0.5) is 0 Å². The van der Waals surface area contributed by atoms with Gasteiger partial charge in [-0.15, -0.1) is 0 Å². The average Bonchev–Trinajstić information content (AvgIpc) is 0.876. The summed E-state index contributed by atoms with van der Waals surface area (Å²) >= 11 is 2.45. The van der Waals surface area contributed by atoms with Crippen LogP contribution in [-0.4, -0.2) is 218 Å². The van der Waals surface area contributed by atoms with Gasteiger partial charge in [-0.25, -0.2) is 0 Å². The van der Waals surface area contributed by atoms with Crippen LogP contribution in [0.2, 0.25) is 0 Å². The standard InChI is InChI=1S/C86H168N18O12S2/c1-3-5-7-9-11-13-15-17-19-21-23-25-27-29-31-43-57-97-81(111)73(63-105)101-85(115)75(103-83(113)71(99-79(109)69(93)49-35-41-55-89)51-37-45-59-95-77(107)67(91)47-33-39-53-87)65-117-61-62-118-66-76(86(116)102-74(64-106)82(112)98-58-44-32-30-28-26-24-22-20-18-16-14-12-10-8-6-4-2)104-84(114)72(100-80(110)70(94)50-36-42-56-90)52-38-46-60-96-78(108)68(92)48-34-40-54-88/h17-20,67-76,105-106H,3-16,21-66,87-94H2,1-2H3,(H,95,107)(H,96,108)(H,97,111)(H,98,112)(H,99,109)(H,100,110)(H,101,115)(H,102,116)(H,103,113)(H,104,114)/b19-17-,20-18-/t67-,68-,69-,70-,71-,72-,73-,74-,75-,76-/m0/s1. The molecule has 0 aromatic rings. The fraction of sp³-hybridized carbons (Fsp3) is 0.837. The third-order valence-electron chi connectivity index (χ3n) is 20.7. The van der Waals surface area contributed by atoms with E-state index < -0.39 is 121 Å². The zero-order valence-corrected chi connectivity index (χ0v) is 74.6. The molecule has 0 aliphatic rings. The van der Waals surface area contributed by atoms with Gasteiger partial charge >= 0.3 is 0 Å². The van der Waals surface area contributed by atoms with Gasteiger partial charge in [0.05, 0.1) is 37.4 Å². The lowest BCUT2D eigenvalue weighted by molar-refractivity contribution is -0.134. The van der Waals surface area contributed by atoms with E-state index in [1.807, 2.05) is 0 Å². The Bertz CT molecular complexity index is 2470. The van der Waals surface area contributed by atoms with E-state index in [9.17, 15) is 58.2 Å². The summed E-state index contributed by atoms with van der Waals surface area (Å²) in [6.07, 6.45) is 48.8. The Kier molecular flexibility index (Phi) is 76.2. The average molecular weight is 1710 g/mol. The predicted molar refractivity (Wildman–Crippen MR) is 483 cm³/mol. The first-order valence-corrected chi connectivity index (χ1v) is 47.9. The van der Waals surface area contributed by atoms with E-state index in [0.29, 0.717) is 129 Å². The van der Waals surface area contributed by atoms with Gasteiger partial charge in [-0.3, -0.25) is 47.9 Å². The number of unbranched alkanes of at least 4 members (excludes halogenated alkanes) is 30. The highest BCUT2D eigenvalue weighted by Crippen LogP contribution is 2.17. The van der Waals surface area contributed by atoms with Crippen molar-refractivity contribution < 1.29 is 58.2 Å². The Morgan fingerprint density at radius 3 is 0.780 bits per heavy atom. The van der Waals surface area contributed by atoms with Crippen molar-refractivity contribution in [1.82, 2.24) is 53.2 Å². The maximum absolute atomic E-state index is 14.6. The van der Waals surface area contributed by atoms with Crippen LogP contribution in [0, 0.1) is 0 Å². The van der Waals surface area contributed by atoms with Crippen molar-refractivity contribution in [2.45, 2.75) is 370 Å². The highest BCUT2D eigenvalue weighted by molar-refractivity contribution is 8.03. The molecule has 0 unspecified atom stereocenters. The molecule has 30 nitrogen and oxygen atoms in total. The smallest absolute Gasteiger partial charge is 0.244 e. The first-order chi connectivity index (χ1) is 57.2. The summed E-state index contributed by atoms with van der Waals surface area (Å²) in [5.41, 5.74) is 47.6. The van der Waals surface area contributed by atoms with Crippen LogP contribution >= 0.6 is 23.5 Å². The van der Waals surface area contributed by atoms with Crippen molar-refractivity contribution in [3.05, 3.63) is 24.3 Å². The SMILES string of the molecule is CCCCCCCC/C=C\CCCCCCCCNC(=O)[C@H](CO)NC(=O)[C@H](CSCCSC[C@H](NC(=O)[C@H](CCCCNC(=O)[C@@H](N)CCCCN)NC(=O)[C@@H](N)CCCCN)C(=O)N[C@@H](CO)C(=O)NCCCCCCCC/C=C\CCCCCCCC)NC(=O)[C@H](CCCCNC(=O)[C@@H](N)CCCCN)NC(=O)[C@@H](N)CCCCN. The van der Waals surface area contributed by atoms with Crippen molar-refractivity contribution in [3.63, 3.8) is 0 Å². The highest BCUT2D eigenvalue weighted by atomic mass is 32.2. The number of nitrogens with two attached hydrogens (primary N) is 8. The molecule has 0 fully saturated rings. The number of nitrogens with one attached hydrogen (secondary N) is 10. The van der Waals surface area contributed by atoms with Crippen molar-refractivity contribution in [2.24, 2.45) is 45.9 Å². The van der Waals surface area contributed by atoms with Crippen LogP contribution in [0.25, 0.3) is 0 Å². The topological polar surface area (TPSA) is 540 Å². The summed E-state index contributed by atoms with van der Waals surface area (Å²) in [5, 5.41) is 48.9. The van der Waals surface area contributed by atoms with Gasteiger partial charge in [-0.1, -0.05) is 179 Å². The number of aliphatic hydroxyl groups excluding tert-OH is 2. The second-order valence-electron chi connectivity index (χ2n) is 31.5. The lowest BCUT2D eigenvalue weighted by Crippen LogP contribution is -2.59. The Morgan fingerprint density at radius 1 is 0.263 bits per heavy atom. The molecule has 0 aromatic heterocycles. The molecule has 0 saturated heterocycles. The van der Waals surface area contributed by atoms with Gasteiger partial charge in [-0.2, -0.15) is 23.5 Å². The first kappa shape index (κ1) is 112. The number of allylic oxidation sites excluding steroid dienone is 4. The third kappa shape index (κ3) is 62.6. The van der Waals surface area contributed by atoms with Gasteiger partial charge in [0.1, 0.15) is 36.3 Å². The number of thioether (sulfide) groups is 2. The molecule has 10 atom stereocenters. The highest BCUT2D eigenvalue weighted by Gasteiger charge is 2.33. The Morgan fingerprint density at radius 2 is 0.492 bits per heavy atom. The molecule has 0 saturated carbocycles. The number of aliphatic hydroxyl groups is 2. The zero-order chi connectivity index (χ0) is 87.3. The molecular weight excluding hydrogens is 1540 g/mol. The van der Waals surface area contributed by atoms with Gasteiger partial charge in [0, 0.05) is 49.2 Å². The normalized spacial score (nSPS) is 14.1. The van der Waals surface area contributed by atoms with Crippen LogP contribution < -0.4 is 99.0 Å². The van der Waals surface area contributed by atoms with Gasteiger partial charge in [0.2, 0.25) is 59.1 Å². The molecule has 0 heterocycles. The lowest BCUT2D eigenvalue weighted by atomic mass is 10.1. The summed E-state index contributed by atoms with van der Waals surface area (Å²) in [7, 11) is 0. The van der Waals surface area contributed by atoms with Crippen molar-refractivity contribution in [3.8, 4) is 0 Å². The second kappa shape index (κ2) is 79.9. The summed E-state index contributed by atoms with van der Waals surface area (Å²) in [6.45, 7) is 5.74. The molecule has 118 heavy (non-hydrogen) atoms. The third-order valence-corrected chi connectivity index (χ3v) is 23.1. The molecular formula is C86H168N18O12S2. The van der Waals surface area contributed by atoms with Crippen LogP contribution in [0.1, 0.15) is 309 Å². The minimum absolute atomic E-state index is 0.0663. The number of hydrogen-bond donors (Lipinski definition) is 20. The minimum Gasteiger partial charge on any atom is -0.394 e. The van der Waals surface area contributed by atoms with Crippen LogP contribution in [-0.2, 0) is 47.9 Å². The maximum atomic E-state index is 14.6. The molecule has 0 aromatic carbocycles. The van der Waals surface area contributed by atoms with E-state index >= 15 is 0 Å². The van der Waals surface area contributed by atoms with Gasteiger partial charge in [0.15, 0.2) is 0 Å². The summed E-state index contributed by atoms with van der Waals surface area (Å²) in [5.74, 6) is -5.88. The fourth-order valence-corrected chi connectivity index (χ4v) is 15.3. The lowest BCUT2D eigenvalue weighted by Gasteiger charge is -2.26. The Labute approximate surface area is 718 Å². The predicted octanol–water partition coefficient (Wildman–Crippen LogP) is 6.05. The van der Waals surface area contributed by atoms with Crippen molar-refractivity contribution >= 4 is 82.6 Å².